The molecule has 7 heteroatoms. The zero-order valence-electron chi connectivity index (χ0n) is 6.54. The molecule has 0 saturated carbocycles. The van der Waals surface area contributed by atoms with Crippen molar-refractivity contribution in [2.24, 2.45) is 7.05 Å². The Hall–Kier alpha value is -1.30. The quantitative estimate of drug-likeness (QED) is 0.595. The van der Waals surface area contributed by atoms with Crippen molar-refractivity contribution in [1.82, 2.24) is 19.7 Å². The van der Waals surface area contributed by atoms with Gasteiger partial charge in [0, 0.05) is 14.1 Å². The highest BCUT2D eigenvalue weighted by Gasteiger charge is 2.12. The molecule has 1 aromatic heterocycles. The van der Waals surface area contributed by atoms with Crippen LogP contribution in [0.1, 0.15) is 0 Å². The average Bonchev–Trinajstić information content (AvgIpc) is 2.32. The Labute approximate surface area is 72.7 Å². The van der Waals surface area contributed by atoms with Gasteiger partial charge in [0.25, 0.3) is 0 Å². The Morgan fingerprint density at radius 2 is 2.25 bits per heavy atom. The normalized spacial score (nSPS) is 9.92. The minimum atomic E-state index is -0.609. The monoisotopic (exact) mass is 190 g/mol. The number of rotatable bonds is 0. The molecule has 0 aliphatic rings. The molecule has 0 fully saturated rings. The molecular formula is C5H7ClN4O2. The molecule has 0 aliphatic carbocycles. The number of nitrogens with one attached hydrogen (secondary N) is 1. The molecule has 0 aromatic carbocycles. The summed E-state index contributed by atoms with van der Waals surface area (Å²) in [6.07, 6.45) is 0. The van der Waals surface area contributed by atoms with E-state index in [0.717, 1.165) is 4.57 Å². The van der Waals surface area contributed by atoms with Crippen molar-refractivity contribution in [1.29, 1.82) is 0 Å². The fraction of sp³-hybridized carbons (Fsp3) is 0.400. The first-order chi connectivity index (χ1) is 5.57. The van der Waals surface area contributed by atoms with Crippen LogP contribution in [0, 0.1) is 0 Å². The van der Waals surface area contributed by atoms with E-state index in [-0.39, 0.29) is 5.28 Å². The standard InChI is InChI=1S/C5H7ClN4O2/c1-7-4(11)10-5(12)9(2)3(6)8-10/h1-2H3,(H,7,11). The first kappa shape index (κ1) is 8.79. The predicted octanol–water partition coefficient (Wildman–Crippen LogP) is -0.577. The highest BCUT2D eigenvalue weighted by atomic mass is 35.5. The van der Waals surface area contributed by atoms with Gasteiger partial charge in [-0.25, -0.2) is 9.59 Å². The molecule has 0 aliphatic heterocycles. The molecule has 0 spiro atoms. The lowest BCUT2D eigenvalue weighted by atomic mass is 10.9. The van der Waals surface area contributed by atoms with Gasteiger partial charge in [0.2, 0.25) is 5.28 Å². The molecule has 0 unspecified atom stereocenters. The van der Waals surface area contributed by atoms with Crippen LogP contribution in [0.15, 0.2) is 4.79 Å². The third-order valence-electron chi connectivity index (χ3n) is 1.33. The van der Waals surface area contributed by atoms with Gasteiger partial charge in [0.05, 0.1) is 0 Å². The average molecular weight is 191 g/mol. The van der Waals surface area contributed by atoms with E-state index in [0.29, 0.717) is 4.68 Å². The maximum atomic E-state index is 11.1. The second kappa shape index (κ2) is 2.98. The topological polar surface area (TPSA) is 68.9 Å². The number of carbonyl (C=O) groups excluding carboxylic acids is 1. The van der Waals surface area contributed by atoms with Crippen molar-refractivity contribution < 1.29 is 4.79 Å². The number of halogens is 1. The summed E-state index contributed by atoms with van der Waals surface area (Å²) in [6, 6.07) is -0.609. The smallest absolute Gasteiger partial charge is 0.339 e. The van der Waals surface area contributed by atoms with Gasteiger partial charge < -0.3 is 5.32 Å². The summed E-state index contributed by atoms with van der Waals surface area (Å²) in [5.74, 6) is 0. The molecule has 1 rings (SSSR count). The van der Waals surface area contributed by atoms with Crippen LogP contribution in [0.4, 0.5) is 4.79 Å². The van der Waals surface area contributed by atoms with Crippen LogP contribution >= 0.6 is 11.6 Å². The van der Waals surface area contributed by atoms with Crippen LogP contribution in [0.3, 0.4) is 0 Å². The van der Waals surface area contributed by atoms with Gasteiger partial charge in [-0.05, 0) is 11.6 Å². The molecule has 1 amide bonds. The zero-order chi connectivity index (χ0) is 9.30. The molecule has 1 heterocycles. The van der Waals surface area contributed by atoms with E-state index in [1.807, 2.05) is 0 Å². The number of amides is 1. The van der Waals surface area contributed by atoms with Gasteiger partial charge in [-0.2, -0.15) is 0 Å². The Morgan fingerprint density at radius 1 is 1.67 bits per heavy atom. The summed E-state index contributed by atoms with van der Waals surface area (Å²) >= 11 is 5.49. The van der Waals surface area contributed by atoms with Crippen LogP contribution in [-0.4, -0.2) is 27.4 Å². The van der Waals surface area contributed by atoms with Gasteiger partial charge >= 0.3 is 11.7 Å². The summed E-state index contributed by atoms with van der Waals surface area (Å²) in [6.45, 7) is 0. The molecule has 12 heavy (non-hydrogen) atoms. The molecule has 0 radical (unpaired) electrons. The predicted molar refractivity (Wildman–Crippen MR) is 42.3 cm³/mol. The van der Waals surface area contributed by atoms with E-state index >= 15 is 0 Å². The fourth-order valence-electron chi connectivity index (χ4n) is 0.652. The zero-order valence-corrected chi connectivity index (χ0v) is 7.29. The molecule has 66 valence electrons. The molecule has 6 nitrogen and oxygen atoms in total. The number of hydrogen-bond acceptors (Lipinski definition) is 3. The second-order valence-electron chi connectivity index (χ2n) is 2.08. The van der Waals surface area contributed by atoms with Crippen LogP contribution in [0.25, 0.3) is 0 Å². The van der Waals surface area contributed by atoms with Crippen molar-refractivity contribution in [3.8, 4) is 0 Å². The third kappa shape index (κ3) is 1.20. The van der Waals surface area contributed by atoms with E-state index in [9.17, 15) is 9.59 Å². The first-order valence-electron chi connectivity index (χ1n) is 3.11. The van der Waals surface area contributed by atoms with Gasteiger partial charge in [-0.3, -0.25) is 4.57 Å². The summed E-state index contributed by atoms with van der Waals surface area (Å²) < 4.78 is 1.72. The van der Waals surface area contributed by atoms with E-state index in [1.165, 1.54) is 14.1 Å². The summed E-state index contributed by atoms with van der Waals surface area (Å²) in [4.78, 5) is 22.0. The number of hydrogen-bond donors (Lipinski definition) is 1. The highest BCUT2D eigenvalue weighted by molar-refractivity contribution is 6.28. The van der Waals surface area contributed by atoms with Crippen molar-refractivity contribution in [3.05, 3.63) is 15.8 Å². The minimum absolute atomic E-state index is 0.0244. The SMILES string of the molecule is CNC(=O)n1nc(Cl)n(C)c1=O. The molecule has 0 atom stereocenters. The Morgan fingerprint density at radius 3 is 2.58 bits per heavy atom. The summed E-state index contributed by atoms with van der Waals surface area (Å²) in [5, 5.41) is 5.73. The van der Waals surface area contributed by atoms with Crippen molar-refractivity contribution in [2.75, 3.05) is 7.05 Å². The van der Waals surface area contributed by atoms with Crippen LogP contribution in [0.5, 0.6) is 0 Å². The Kier molecular flexibility index (Phi) is 2.18. The molecular weight excluding hydrogens is 184 g/mol. The largest absolute Gasteiger partial charge is 0.355 e. The minimum Gasteiger partial charge on any atom is -0.339 e. The van der Waals surface area contributed by atoms with Gasteiger partial charge in [0.1, 0.15) is 0 Å². The Bertz CT molecular complexity index is 366. The van der Waals surface area contributed by atoms with Crippen LogP contribution in [0.2, 0.25) is 5.28 Å². The lowest BCUT2D eigenvalue weighted by molar-refractivity contribution is 0.240. The number of aromatic nitrogens is 3. The van der Waals surface area contributed by atoms with E-state index in [1.54, 1.807) is 0 Å². The van der Waals surface area contributed by atoms with E-state index in [2.05, 4.69) is 10.4 Å². The first-order valence-corrected chi connectivity index (χ1v) is 3.49. The van der Waals surface area contributed by atoms with Crippen molar-refractivity contribution in [3.63, 3.8) is 0 Å². The Balaban J connectivity index is 3.28. The van der Waals surface area contributed by atoms with Gasteiger partial charge in [-0.1, -0.05) is 0 Å². The van der Waals surface area contributed by atoms with Gasteiger partial charge in [0.15, 0.2) is 0 Å². The molecule has 1 N–H and O–H groups in total. The number of nitrogens with zero attached hydrogens (tertiary/aromatic N) is 3. The molecule has 0 bridgehead atoms. The third-order valence-corrected chi connectivity index (χ3v) is 1.66. The summed E-state index contributed by atoms with van der Waals surface area (Å²) in [5.41, 5.74) is -0.570. The second-order valence-corrected chi connectivity index (χ2v) is 2.42. The van der Waals surface area contributed by atoms with Gasteiger partial charge in [-0.15, -0.1) is 9.78 Å². The lowest BCUT2D eigenvalue weighted by Crippen LogP contribution is -2.35. The van der Waals surface area contributed by atoms with E-state index < -0.39 is 11.7 Å². The van der Waals surface area contributed by atoms with E-state index in [4.69, 9.17) is 11.6 Å². The molecule has 0 saturated heterocycles. The highest BCUT2D eigenvalue weighted by Crippen LogP contribution is 1.96. The van der Waals surface area contributed by atoms with Crippen LogP contribution in [-0.2, 0) is 7.05 Å². The number of carbonyl (C=O) groups is 1. The van der Waals surface area contributed by atoms with Crippen LogP contribution < -0.4 is 11.0 Å². The summed E-state index contributed by atoms with van der Waals surface area (Å²) in [7, 11) is 2.83. The fourth-order valence-corrected chi connectivity index (χ4v) is 0.799. The van der Waals surface area contributed by atoms with Crippen molar-refractivity contribution >= 4 is 17.6 Å². The van der Waals surface area contributed by atoms with Crippen molar-refractivity contribution in [2.45, 2.75) is 0 Å². The maximum Gasteiger partial charge on any atom is 0.355 e. The lowest BCUT2D eigenvalue weighted by Gasteiger charge is -1.93. The molecule has 1 aromatic rings. The maximum absolute atomic E-state index is 11.1.